The summed E-state index contributed by atoms with van der Waals surface area (Å²) in [5.74, 6) is -1.72. The van der Waals surface area contributed by atoms with E-state index >= 15 is 0 Å². The topological polar surface area (TPSA) is 42.0 Å². The van der Waals surface area contributed by atoms with Crippen LogP contribution in [-0.2, 0) is 6.54 Å². The van der Waals surface area contributed by atoms with Crippen molar-refractivity contribution in [3.05, 3.63) is 49.0 Å². The Morgan fingerprint density at radius 3 is 2.58 bits per heavy atom. The fourth-order valence-electron chi connectivity index (χ4n) is 1.52. The molecule has 0 aliphatic heterocycles. The number of rotatable bonds is 3. The van der Waals surface area contributed by atoms with Crippen LogP contribution < -0.4 is 5.32 Å². The van der Waals surface area contributed by atoms with Gasteiger partial charge in [0, 0.05) is 12.1 Å². The molecule has 0 spiro atoms. The Morgan fingerprint density at radius 2 is 2.05 bits per heavy atom. The normalized spacial score (nSPS) is 10.5. The van der Waals surface area contributed by atoms with E-state index in [1.807, 2.05) is 22.6 Å². The van der Waals surface area contributed by atoms with E-state index < -0.39 is 11.6 Å². The van der Waals surface area contributed by atoms with Gasteiger partial charge in [-0.1, -0.05) is 6.07 Å². The second kappa shape index (κ2) is 5.91. The molecule has 0 aliphatic carbocycles. The third kappa shape index (κ3) is 3.27. The Bertz CT molecular complexity index is 610. The maximum absolute atomic E-state index is 13.4. The number of thiazole rings is 1. The van der Waals surface area contributed by atoms with Crippen molar-refractivity contribution in [1.82, 2.24) is 10.3 Å². The molecule has 3 nitrogen and oxygen atoms in total. The zero-order chi connectivity index (χ0) is 14.0. The molecular formula is C12H9F2IN2OS. The molecule has 0 unspecified atom stereocenters. The minimum Gasteiger partial charge on any atom is -0.347 e. The van der Waals surface area contributed by atoms with Gasteiger partial charge in [0.25, 0.3) is 5.91 Å². The van der Waals surface area contributed by atoms with Crippen molar-refractivity contribution >= 4 is 39.8 Å². The smallest absolute Gasteiger partial charge is 0.263 e. The molecule has 0 radical (unpaired) electrons. The van der Waals surface area contributed by atoms with Crippen molar-refractivity contribution < 1.29 is 13.6 Å². The quantitative estimate of drug-likeness (QED) is 0.813. The van der Waals surface area contributed by atoms with Crippen molar-refractivity contribution in [2.45, 2.75) is 13.5 Å². The molecule has 0 bridgehead atoms. The zero-order valence-corrected chi connectivity index (χ0v) is 12.8. The third-order valence-electron chi connectivity index (χ3n) is 2.46. The van der Waals surface area contributed by atoms with E-state index in [-0.39, 0.29) is 18.0 Å². The third-order valence-corrected chi connectivity index (χ3v) is 4.31. The Hall–Kier alpha value is -1.09. The van der Waals surface area contributed by atoms with Crippen LogP contribution >= 0.6 is 33.9 Å². The lowest BCUT2D eigenvalue weighted by Crippen LogP contribution is -2.23. The first kappa shape index (κ1) is 14.3. The van der Waals surface area contributed by atoms with Crippen LogP contribution in [0.2, 0.25) is 0 Å². The molecule has 2 rings (SSSR count). The maximum atomic E-state index is 13.4. The van der Waals surface area contributed by atoms with Crippen LogP contribution in [0.4, 0.5) is 8.78 Å². The second-order valence-electron chi connectivity index (χ2n) is 3.76. The molecule has 19 heavy (non-hydrogen) atoms. The van der Waals surface area contributed by atoms with Crippen LogP contribution in [-0.4, -0.2) is 10.9 Å². The fraction of sp³-hybridized carbons (Fsp3) is 0.167. The summed E-state index contributed by atoms with van der Waals surface area (Å²) in [6.45, 7) is 1.53. The lowest BCUT2D eigenvalue weighted by Gasteiger charge is -2.06. The van der Waals surface area contributed by atoms with Gasteiger partial charge in [-0.3, -0.25) is 4.79 Å². The lowest BCUT2D eigenvalue weighted by molar-refractivity contribution is 0.0953. The summed E-state index contributed by atoms with van der Waals surface area (Å²) in [7, 11) is 0. The second-order valence-corrected chi connectivity index (χ2v) is 6.52. The Labute approximate surface area is 126 Å². The number of amides is 1. The van der Waals surface area contributed by atoms with E-state index in [9.17, 15) is 13.6 Å². The van der Waals surface area contributed by atoms with Gasteiger partial charge in [-0.15, -0.1) is 11.3 Å². The number of hydrogen-bond acceptors (Lipinski definition) is 3. The van der Waals surface area contributed by atoms with Gasteiger partial charge < -0.3 is 5.32 Å². The van der Waals surface area contributed by atoms with Crippen molar-refractivity contribution in [3.8, 4) is 0 Å². The standard InChI is InChI=1S/C12H9F2IN2OS/c1-6-10(19-12(15)17-6)11(18)16-5-7-8(13)3-2-4-9(7)14/h2-4H,5H2,1H3,(H,16,18). The minimum absolute atomic E-state index is 0.146. The first-order valence-electron chi connectivity index (χ1n) is 5.33. The number of aromatic nitrogens is 1. The van der Waals surface area contributed by atoms with E-state index in [1.54, 1.807) is 6.92 Å². The molecule has 2 aromatic rings. The Morgan fingerprint density at radius 1 is 1.42 bits per heavy atom. The summed E-state index contributed by atoms with van der Waals surface area (Å²) in [4.78, 5) is 16.5. The highest BCUT2D eigenvalue weighted by atomic mass is 127. The van der Waals surface area contributed by atoms with Crippen LogP contribution in [0, 0.1) is 21.6 Å². The fourth-order valence-corrected chi connectivity index (χ4v) is 3.26. The molecule has 1 heterocycles. The number of nitrogens with zero attached hydrogens (tertiary/aromatic N) is 1. The highest BCUT2D eigenvalue weighted by molar-refractivity contribution is 14.1. The summed E-state index contributed by atoms with van der Waals surface area (Å²) in [6.07, 6.45) is 0. The summed E-state index contributed by atoms with van der Waals surface area (Å²) < 4.78 is 27.5. The first-order valence-corrected chi connectivity index (χ1v) is 7.22. The highest BCUT2D eigenvalue weighted by Crippen LogP contribution is 2.19. The molecule has 7 heteroatoms. The molecule has 0 saturated carbocycles. The largest absolute Gasteiger partial charge is 0.347 e. The zero-order valence-electron chi connectivity index (χ0n) is 9.84. The first-order chi connectivity index (χ1) is 8.99. The van der Waals surface area contributed by atoms with Crippen LogP contribution in [0.3, 0.4) is 0 Å². The van der Waals surface area contributed by atoms with E-state index in [2.05, 4.69) is 10.3 Å². The molecule has 1 N–H and O–H groups in total. The lowest BCUT2D eigenvalue weighted by atomic mass is 10.2. The van der Waals surface area contributed by atoms with Gasteiger partial charge in [0.2, 0.25) is 0 Å². The number of benzene rings is 1. The van der Waals surface area contributed by atoms with Crippen molar-refractivity contribution in [2.24, 2.45) is 0 Å². The summed E-state index contributed by atoms with van der Waals surface area (Å²) in [6, 6.07) is 3.60. The molecule has 1 amide bonds. The van der Waals surface area contributed by atoms with Crippen LogP contribution in [0.25, 0.3) is 0 Å². The predicted molar refractivity (Wildman–Crippen MR) is 77.1 cm³/mol. The molecule has 0 saturated heterocycles. The summed E-state index contributed by atoms with van der Waals surface area (Å²) in [5.41, 5.74) is 0.466. The SMILES string of the molecule is Cc1nc(I)sc1C(=O)NCc1c(F)cccc1F. The summed E-state index contributed by atoms with van der Waals surface area (Å²) >= 11 is 3.26. The van der Waals surface area contributed by atoms with Crippen LogP contribution in [0.15, 0.2) is 18.2 Å². The van der Waals surface area contributed by atoms with Gasteiger partial charge in [0.15, 0.2) is 3.01 Å². The van der Waals surface area contributed by atoms with Gasteiger partial charge >= 0.3 is 0 Å². The van der Waals surface area contributed by atoms with Gasteiger partial charge in [-0.25, -0.2) is 13.8 Å². The molecular weight excluding hydrogens is 385 g/mol. The van der Waals surface area contributed by atoms with Crippen LogP contribution in [0.1, 0.15) is 20.9 Å². The average molecular weight is 394 g/mol. The molecule has 1 aromatic heterocycles. The number of carbonyl (C=O) groups is 1. The van der Waals surface area contributed by atoms with Crippen molar-refractivity contribution in [1.29, 1.82) is 0 Å². The monoisotopic (exact) mass is 394 g/mol. The van der Waals surface area contributed by atoms with E-state index in [1.165, 1.54) is 17.4 Å². The van der Waals surface area contributed by atoms with Gasteiger partial charge in [-0.2, -0.15) is 0 Å². The molecule has 100 valence electrons. The molecule has 1 aromatic carbocycles. The van der Waals surface area contributed by atoms with E-state index in [0.717, 1.165) is 15.1 Å². The molecule has 0 atom stereocenters. The Balaban J connectivity index is 2.11. The number of halogens is 3. The predicted octanol–water partition coefficient (Wildman–Crippen LogP) is 3.26. The van der Waals surface area contributed by atoms with Gasteiger partial charge in [0.1, 0.15) is 16.5 Å². The van der Waals surface area contributed by atoms with Crippen molar-refractivity contribution in [3.63, 3.8) is 0 Å². The average Bonchev–Trinajstić information content (AvgIpc) is 2.67. The van der Waals surface area contributed by atoms with Gasteiger partial charge in [0.05, 0.1) is 5.69 Å². The molecule has 0 aliphatic rings. The Kier molecular flexibility index (Phi) is 4.46. The maximum Gasteiger partial charge on any atom is 0.263 e. The van der Waals surface area contributed by atoms with Gasteiger partial charge in [-0.05, 0) is 41.6 Å². The minimum atomic E-state index is -0.670. The highest BCUT2D eigenvalue weighted by Gasteiger charge is 2.15. The number of hydrogen-bond donors (Lipinski definition) is 1. The van der Waals surface area contributed by atoms with E-state index in [4.69, 9.17) is 0 Å². The van der Waals surface area contributed by atoms with Crippen LogP contribution in [0.5, 0.6) is 0 Å². The number of carbonyl (C=O) groups excluding carboxylic acids is 1. The van der Waals surface area contributed by atoms with Crippen molar-refractivity contribution in [2.75, 3.05) is 0 Å². The number of nitrogens with one attached hydrogen (secondary N) is 1. The van der Waals surface area contributed by atoms with E-state index in [0.29, 0.717) is 10.6 Å². The molecule has 0 fully saturated rings. The summed E-state index contributed by atoms with van der Waals surface area (Å²) in [5, 5.41) is 2.50. The number of aryl methyl sites for hydroxylation is 1.